The molecule has 1 aliphatic rings. The molecule has 0 radical (unpaired) electrons. The Balaban J connectivity index is 1.62. The van der Waals surface area contributed by atoms with Gasteiger partial charge in [-0.05, 0) is 48.0 Å². The first-order chi connectivity index (χ1) is 11.9. The normalized spacial score (nSPS) is 17.0. The first-order valence-electron chi connectivity index (χ1n) is 7.71. The van der Waals surface area contributed by atoms with Crippen molar-refractivity contribution in [3.63, 3.8) is 0 Å². The molecule has 4 nitrogen and oxygen atoms in total. The molecule has 1 heterocycles. The van der Waals surface area contributed by atoms with E-state index >= 15 is 0 Å². The smallest absolute Gasteiger partial charge is 0.227 e. The molecule has 130 valence electrons. The van der Waals surface area contributed by atoms with E-state index in [4.69, 9.17) is 34.8 Å². The topological polar surface area (TPSA) is 49.4 Å². The Morgan fingerprint density at radius 2 is 1.76 bits per heavy atom. The zero-order valence-corrected chi connectivity index (χ0v) is 15.4. The Morgan fingerprint density at radius 1 is 1.08 bits per heavy atom. The minimum absolute atomic E-state index is 0.0803. The predicted octanol–water partition coefficient (Wildman–Crippen LogP) is 4.32. The Kier molecular flexibility index (Phi) is 5.52. The average Bonchev–Trinajstić information content (AvgIpc) is 2.98. The largest absolute Gasteiger partial charge is 0.352 e. The SMILES string of the molecule is O=C(NCc1cc(Cl)ccc1Cl)C1CC(=O)N(c2ccc(Cl)cc2)C1. The van der Waals surface area contributed by atoms with Crippen LogP contribution >= 0.6 is 34.8 Å². The molecule has 1 unspecified atom stereocenters. The fourth-order valence-corrected chi connectivity index (χ4v) is 3.26. The summed E-state index contributed by atoms with van der Waals surface area (Å²) < 4.78 is 0. The van der Waals surface area contributed by atoms with E-state index in [-0.39, 0.29) is 24.8 Å². The molecule has 0 saturated carbocycles. The van der Waals surface area contributed by atoms with Crippen LogP contribution in [0.3, 0.4) is 0 Å². The Morgan fingerprint density at radius 3 is 2.48 bits per heavy atom. The number of carbonyl (C=O) groups excluding carboxylic acids is 2. The third-order valence-corrected chi connectivity index (χ3v) is 4.95. The Bertz CT molecular complexity index is 808. The molecule has 0 aromatic heterocycles. The molecule has 1 saturated heterocycles. The van der Waals surface area contributed by atoms with E-state index in [9.17, 15) is 9.59 Å². The van der Waals surface area contributed by atoms with Gasteiger partial charge in [0.05, 0.1) is 5.92 Å². The van der Waals surface area contributed by atoms with Crippen molar-refractivity contribution in [1.82, 2.24) is 5.32 Å². The van der Waals surface area contributed by atoms with Crippen molar-refractivity contribution < 1.29 is 9.59 Å². The van der Waals surface area contributed by atoms with Gasteiger partial charge in [0.1, 0.15) is 0 Å². The summed E-state index contributed by atoms with van der Waals surface area (Å²) in [5.41, 5.74) is 1.48. The van der Waals surface area contributed by atoms with Gasteiger partial charge < -0.3 is 10.2 Å². The lowest BCUT2D eigenvalue weighted by atomic mass is 10.1. The van der Waals surface area contributed by atoms with Crippen molar-refractivity contribution in [2.75, 3.05) is 11.4 Å². The molecule has 2 aromatic carbocycles. The van der Waals surface area contributed by atoms with Gasteiger partial charge in [-0.1, -0.05) is 34.8 Å². The lowest BCUT2D eigenvalue weighted by molar-refractivity contribution is -0.126. The molecule has 0 aliphatic carbocycles. The van der Waals surface area contributed by atoms with Gasteiger partial charge in [0.15, 0.2) is 0 Å². The van der Waals surface area contributed by atoms with Gasteiger partial charge >= 0.3 is 0 Å². The number of nitrogens with zero attached hydrogens (tertiary/aromatic N) is 1. The molecular formula is C18H15Cl3N2O2. The van der Waals surface area contributed by atoms with Gasteiger partial charge in [0.25, 0.3) is 0 Å². The molecule has 2 aromatic rings. The first kappa shape index (κ1) is 18.1. The van der Waals surface area contributed by atoms with Crippen LogP contribution in [0.25, 0.3) is 0 Å². The molecule has 1 aliphatic heterocycles. The van der Waals surface area contributed by atoms with Gasteiger partial charge in [-0.15, -0.1) is 0 Å². The molecule has 7 heteroatoms. The summed E-state index contributed by atoms with van der Waals surface area (Å²) in [4.78, 5) is 26.2. The molecule has 2 amide bonds. The van der Waals surface area contributed by atoms with E-state index in [2.05, 4.69) is 5.32 Å². The van der Waals surface area contributed by atoms with E-state index in [0.29, 0.717) is 21.6 Å². The highest BCUT2D eigenvalue weighted by Crippen LogP contribution is 2.27. The van der Waals surface area contributed by atoms with Gasteiger partial charge in [0, 0.05) is 40.3 Å². The second-order valence-corrected chi connectivity index (χ2v) is 7.12. The lowest BCUT2D eigenvalue weighted by Gasteiger charge is -2.17. The van der Waals surface area contributed by atoms with Crippen molar-refractivity contribution in [3.8, 4) is 0 Å². The lowest BCUT2D eigenvalue weighted by Crippen LogP contribution is -2.32. The first-order valence-corrected chi connectivity index (χ1v) is 8.85. The summed E-state index contributed by atoms with van der Waals surface area (Å²) in [5.74, 6) is -0.662. The minimum Gasteiger partial charge on any atom is -0.352 e. The number of rotatable bonds is 4. The highest BCUT2D eigenvalue weighted by atomic mass is 35.5. The number of amides is 2. The second-order valence-electron chi connectivity index (χ2n) is 5.84. The van der Waals surface area contributed by atoms with Gasteiger partial charge in [-0.2, -0.15) is 0 Å². The number of carbonyl (C=O) groups is 2. The van der Waals surface area contributed by atoms with Gasteiger partial charge in [-0.3, -0.25) is 9.59 Å². The van der Waals surface area contributed by atoms with Crippen LogP contribution in [0.5, 0.6) is 0 Å². The third-order valence-electron chi connectivity index (χ3n) is 4.09. The molecule has 0 spiro atoms. The summed E-state index contributed by atoms with van der Waals surface area (Å²) in [6, 6.07) is 12.1. The van der Waals surface area contributed by atoms with Gasteiger partial charge in [0.2, 0.25) is 11.8 Å². The van der Waals surface area contributed by atoms with Crippen molar-refractivity contribution in [2.45, 2.75) is 13.0 Å². The summed E-state index contributed by atoms with van der Waals surface area (Å²) in [5, 5.41) is 4.52. The van der Waals surface area contributed by atoms with Crippen molar-refractivity contribution in [3.05, 3.63) is 63.1 Å². The zero-order chi connectivity index (χ0) is 18.0. The summed E-state index contributed by atoms with van der Waals surface area (Å²) in [6.07, 6.45) is 0.178. The molecular weight excluding hydrogens is 383 g/mol. The summed E-state index contributed by atoms with van der Waals surface area (Å²) in [7, 11) is 0. The van der Waals surface area contributed by atoms with E-state index in [1.54, 1.807) is 47.4 Å². The second kappa shape index (κ2) is 7.65. The maximum absolute atomic E-state index is 12.4. The van der Waals surface area contributed by atoms with Crippen LogP contribution < -0.4 is 10.2 Å². The fourth-order valence-electron chi connectivity index (χ4n) is 2.76. The Labute approximate surface area is 160 Å². The molecule has 0 bridgehead atoms. The van der Waals surface area contributed by atoms with E-state index in [1.165, 1.54) is 0 Å². The predicted molar refractivity (Wildman–Crippen MR) is 100 cm³/mol. The van der Waals surface area contributed by atoms with E-state index in [0.717, 1.165) is 11.3 Å². The summed E-state index contributed by atoms with van der Waals surface area (Å²) >= 11 is 17.9. The molecule has 3 rings (SSSR count). The zero-order valence-electron chi connectivity index (χ0n) is 13.1. The Hall–Kier alpha value is -1.75. The van der Waals surface area contributed by atoms with E-state index < -0.39 is 5.92 Å². The van der Waals surface area contributed by atoms with Crippen LogP contribution in [0.2, 0.25) is 15.1 Å². The number of benzene rings is 2. The molecule has 25 heavy (non-hydrogen) atoms. The minimum atomic E-state index is -0.402. The number of nitrogens with one attached hydrogen (secondary N) is 1. The molecule has 1 atom stereocenters. The van der Waals surface area contributed by atoms with Crippen molar-refractivity contribution in [1.29, 1.82) is 0 Å². The number of hydrogen-bond donors (Lipinski definition) is 1. The average molecular weight is 398 g/mol. The van der Waals surface area contributed by atoms with Crippen LogP contribution in [0.1, 0.15) is 12.0 Å². The number of anilines is 1. The van der Waals surface area contributed by atoms with Crippen LogP contribution in [-0.4, -0.2) is 18.4 Å². The van der Waals surface area contributed by atoms with Crippen LogP contribution in [-0.2, 0) is 16.1 Å². The third kappa shape index (κ3) is 4.27. The van der Waals surface area contributed by atoms with Crippen LogP contribution in [0, 0.1) is 5.92 Å². The van der Waals surface area contributed by atoms with Crippen LogP contribution in [0.4, 0.5) is 5.69 Å². The monoisotopic (exact) mass is 396 g/mol. The van der Waals surface area contributed by atoms with Gasteiger partial charge in [-0.25, -0.2) is 0 Å². The molecule has 1 N–H and O–H groups in total. The fraction of sp³-hybridized carbons (Fsp3) is 0.222. The summed E-state index contributed by atoms with van der Waals surface area (Å²) in [6.45, 7) is 0.611. The maximum atomic E-state index is 12.4. The van der Waals surface area contributed by atoms with Crippen LogP contribution in [0.15, 0.2) is 42.5 Å². The number of hydrogen-bond acceptors (Lipinski definition) is 2. The van der Waals surface area contributed by atoms with Crippen molar-refractivity contribution in [2.24, 2.45) is 5.92 Å². The maximum Gasteiger partial charge on any atom is 0.227 e. The highest BCUT2D eigenvalue weighted by molar-refractivity contribution is 6.33. The highest BCUT2D eigenvalue weighted by Gasteiger charge is 2.35. The number of halogens is 3. The van der Waals surface area contributed by atoms with Crippen molar-refractivity contribution >= 4 is 52.3 Å². The van der Waals surface area contributed by atoms with E-state index in [1.807, 2.05) is 0 Å². The quantitative estimate of drug-likeness (QED) is 0.835. The standard InChI is InChI=1S/C18H15Cl3N2O2/c19-13-1-4-15(5-2-13)23-10-12(8-17(23)24)18(25)22-9-11-7-14(20)3-6-16(11)21/h1-7,12H,8-10H2,(H,22,25). The molecule has 1 fully saturated rings.